The van der Waals surface area contributed by atoms with Crippen LogP contribution in [0.1, 0.15) is 18.1 Å². The van der Waals surface area contributed by atoms with E-state index in [4.69, 9.17) is 4.74 Å². The molecule has 0 bridgehead atoms. The summed E-state index contributed by atoms with van der Waals surface area (Å²) in [7, 11) is 0. The summed E-state index contributed by atoms with van der Waals surface area (Å²) in [6.45, 7) is 4.39. The zero-order valence-electron chi connectivity index (χ0n) is 16.6. The lowest BCUT2D eigenvalue weighted by Crippen LogP contribution is -2.38. The number of carbonyl (C=O) groups excluding carboxylic acids is 1. The van der Waals surface area contributed by atoms with E-state index in [9.17, 15) is 14.7 Å². The van der Waals surface area contributed by atoms with E-state index in [0.29, 0.717) is 29.1 Å². The number of H-pyrrole nitrogens is 1. The summed E-state index contributed by atoms with van der Waals surface area (Å²) in [6.07, 6.45) is 0. The van der Waals surface area contributed by atoms with Gasteiger partial charge in [0, 0.05) is 28.7 Å². The first-order valence-electron chi connectivity index (χ1n) is 9.52. The number of nitrogens with zero attached hydrogens (tertiary/aromatic N) is 1. The number of aliphatic hydroxyl groups is 1. The van der Waals surface area contributed by atoms with Crippen LogP contribution in [-0.4, -0.2) is 40.8 Å². The molecule has 0 radical (unpaired) electrons. The standard InChI is InChI=1S/C22H25N3O4/c1-3-29-19-8-9-20-16(13-19)12-17(21(27)24-20)14-25(10-11-26)22(28)23-18-6-4-15(2)5-7-18/h4-9,12-13,26H,3,10-11,14H2,1-2H3,(H,23,28)(H,24,27). The van der Waals surface area contributed by atoms with Crippen LogP contribution in [0.5, 0.6) is 5.75 Å². The Bertz CT molecular complexity index is 1040. The lowest BCUT2D eigenvalue weighted by molar-refractivity contribution is 0.185. The predicted octanol–water partition coefficient (Wildman–Crippen LogP) is 3.26. The molecular weight excluding hydrogens is 370 g/mol. The molecule has 3 N–H and O–H groups in total. The van der Waals surface area contributed by atoms with E-state index in [1.807, 2.05) is 44.2 Å². The highest BCUT2D eigenvalue weighted by atomic mass is 16.5. The number of hydrogen-bond donors (Lipinski definition) is 3. The van der Waals surface area contributed by atoms with E-state index >= 15 is 0 Å². The first kappa shape index (κ1) is 20.4. The Morgan fingerprint density at radius 1 is 1.17 bits per heavy atom. The van der Waals surface area contributed by atoms with Crippen LogP contribution in [-0.2, 0) is 6.54 Å². The van der Waals surface area contributed by atoms with E-state index in [2.05, 4.69) is 10.3 Å². The van der Waals surface area contributed by atoms with Crippen LogP contribution in [0.4, 0.5) is 10.5 Å². The zero-order valence-corrected chi connectivity index (χ0v) is 16.6. The van der Waals surface area contributed by atoms with Gasteiger partial charge in [0.2, 0.25) is 0 Å². The van der Waals surface area contributed by atoms with Crippen molar-refractivity contribution >= 4 is 22.6 Å². The number of amides is 2. The van der Waals surface area contributed by atoms with Gasteiger partial charge in [0.05, 0.1) is 19.8 Å². The molecule has 2 amide bonds. The van der Waals surface area contributed by atoms with Gasteiger partial charge in [-0.1, -0.05) is 17.7 Å². The molecule has 7 nitrogen and oxygen atoms in total. The maximum atomic E-state index is 12.7. The lowest BCUT2D eigenvalue weighted by Gasteiger charge is -2.22. The Balaban J connectivity index is 1.84. The van der Waals surface area contributed by atoms with E-state index in [0.717, 1.165) is 10.9 Å². The van der Waals surface area contributed by atoms with Crippen LogP contribution in [0.15, 0.2) is 53.3 Å². The minimum atomic E-state index is -0.384. The molecule has 1 heterocycles. The predicted molar refractivity (Wildman–Crippen MR) is 113 cm³/mol. The van der Waals surface area contributed by atoms with Crippen molar-refractivity contribution in [2.24, 2.45) is 0 Å². The topological polar surface area (TPSA) is 94.7 Å². The van der Waals surface area contributed by atoms with Gasteiger partial charge in [0.1, 0.15) is 5.75 Å². The summed E-state index contributed by atoms with van der Waals surface area (Å²) in [6, 6.07) is 14.2. The van der Waals surface area contributed by atoms with Gasteiger partial charge < -0.3 is 25.0 Å². The van der Waals surface area contributed by atoms with E-state index in [-0.39, 0.29) is 31.3 Å². The van der Waals surface area contributed by atoms with E-state index in [1.54, 1.807) is 18.2 Å². The van der Waals surface area contributed by atoms with Crippen molar-refractivity contribution in [3.8, 4) is 5.75 Å². The summed E-state index contributed by atoms with van der Waals surface area (Å²) in [5.74, 6) is 0.710. The van der Waals surface area contributed by atoms with Crippen LogP contribution in [0.2, 0.25) is 0 Å². The van der Waals surface area contributed by atoms with Crippen molar-refractivity contribution < 1.29 is 14.6 Å². The van der Waals surface area contributed by atoms with Crippen molar-refractivity contribution in [3.63, 3.8) is 0 Å². The molecule has 0 aliphatic heterocycles. The molecule has 7 heteroatoms. The fraction of sp³-hybridized carbons (Fsp3) is 0.273. The number of benzene rings is 2. The molecule has 0 aliphatic rings. The number of hydrogen-bond acceptors (Lipinski definition) is 4. The monoisotopic (exact) mass is 395 g/mol. The average molecular weight is 395 g/mol. The number of fused-ring (bicyclic) bond motifs is 1. The van der Waals surface area contributed by atoms with Crippen molar-refractivity contribution in [2.45, 2.75) is 20.4 Å². The van der Waals surface area contributed by atoms with Gasteiger partial charge in [-0.3, -0.25) is 4.79 Å². The summed E-state index contributed by atoms with van der Waals surface area (Å²) in [5, 5.41) is 13.0. The number of anilines is 1. The number of rotatable bonds is 7. The van der Waals surface area contributed by atoms with E-state index < -0.39 is 0 Å². The summed E-state index contributed by atoms with van der Waals surface area (Å²) >= 11 is 0. The van der Waals surface area contributed by atoms with E-state index in [1.165, 1.54) is 4.90 Å². The number of urea groups is 1. The second-order valence-corrected chi connectivity index (χ2v) is 6.75. The van der Waals surface area contributed by atoms with Crippen LogP contribution in [0.3, 0.4) is 0 Å². The third-order valence-electron chi connectivity index (χ3n) is 4.52. The maximum Gasteiger partial charge on any atom is 0.322 e. The highest BCUT2D eigenvalue weighted by Gasteiger charge is 2.16. The molecule has 0 atom stereocenters. The average Bonchev–Trinajstić information content (AvgIpc) is 2.70. The largest absolute Gasteiger partial charge is 0.494 e. The summed E-state index contributed by atoms with van der Waals surface area (Å²) in [4.78, 5) is 29.4. The number of pyridine rings is 1. The first-order valence-corrected chi connectivity index (χ1v) is 9.52. The van der Waals surface area contributed by atoms with Gasteiger partial charge in [-0.05, 0) is 50.2 Å². The second kappa shape index (κ2) is 9.25. The molecule has 0 saturated heterocycles. The Kier molecular flexibility index (Phi) is 6.51. The molecular formula is C22H25N3O4. The smallest absolute Gasteiger partial charge is 0.322 e. The van der Waals surface area contributed by atoms with Crippen LogP contribution < -0.4 is 15.6 Å². The molecule has 1 aromatic heterocycles. The molecule has 2 aromatic carbocycles. The number of aliphatic hydroxyl groups excluding tert-OH is 1. The molecule has 0 spiro atoms. The Morgan fingerprint density at radius 3 is 2.62 bits per heavy atom. The number of carbonyl (C=O) groups is 1. The van der Waals surface area contributed by atoms with Gasteiger partial charge >= 0.3 is 6.03 Å². The van der Waals surface area contributed by atoms with Gasteiger partial charge in [0.15, 0.2) is 0 Å². The third kappa shape index (κ3) is 5.14. The summed E-state index contributed by atoms with van der Waals surface area (Å²) in [5.41, 5.74) is 2.59. The van der Waals surface area contributed by atoms with Crippen LogP contribution >= 0.6 is 0 Å². The molecule has 3 aromatic rings. The SMILES string of the molecule is CCOc1ccc2[nH]c(=O)c(CN(CCO)C(=O)Nc3ccc(C)cc3)cc2c1. The Labute approximate surface area is 168 Å². The molecule has 0 unspecified atom stereocenters. The van der Waals surface area contributed by atoms with Gasteiger partial charge in [0.25, 0.3) is 5.56 Å². The third-order valence-corrected chi connectivity index (χ3v) is 4.52. The number of nitrogens with one attached hydrogen (secondary N) is 2. The number of aryl methyl sites for hydroxylation is 1. The second-order valence-electron chi connectivity index (χ2n) is 6.75. The molecule has 0 saturated carbocycles. The van der Waals surface area contributed by atoms with Gasteiger partial charge in [-0.2, -0.15) is 0 Å². The Hall–Kier alpha value is -3.32. The molecule has 3 rings (SSSR count). The first-order chi connectivity index (χ1) is 14.0. The highest BCUT2D eigenvalue weighted by molar-refractivity contribution is 5.89. The summed E-state index contributed by atoms with van der Waals surface area (Å²) < 4.78 is 5.52. The van der Waals surface area contributed by atoms with Crippen molar-refractivity contribution in [3.05, 3.63) is 70.0 Å². The molecule has 29 heavy (non-hydrogen) atoms. The van der Waals surface area contributed by atoms with Crippen molar-refractivity contribution in [2.75, 3.05) is 25.1 Å². The highest BCUT2D eigenvalue weighted by Crippen LogP contribution is 2.20. The van der Waals surface area contributed by atoms with Gasteiger partial charge in [-0.15, -0.1) is 0 Å². The van der Waals surface area contributed by atoms with Crippen LogP contribution in [0, 0.1) is 6.92 Å². The number of aromatic nitrogens is 1. The fourth-order valence-electron chi connectivity index (χ4n) is 3.02. The lowest BCUT2D eigenvalue weighted by atomic mass is 10.1. The quantitative estimate of drug-likeness (QED) is 0.572. The number of ether oxygens (including phenoxy) is 1. The van der Waals surface area contributed by atoms with Crippen molar-refractivity contribution in [1.82, 2.24) is 9.88 Å². The minimum absolute atomic E-state index is 0.0718. The van der Waals surface area contributed by atoms with Gasteiger partial charge in [-0.25, -0.2) is 4.79 Å². The fourth-order valence-corrected chi connectivity index (χ4v) is 3.02. The van der Waals surface area contributed by atoms with Crippen LogP contribution in [0.25, 0.3) is 10.9 Å². The normalized spacial score (nSPS) is 10.7. The molecule has 152 valence electrons. The molecule has 0 aliphatic carbocycles. The maximum absolute atomic E-state index is 12.7. The zero-order chi connectivity index (χ0) is 20.8. The Morgan fingerprint density at radius 2 is 1.93 bits per heavy atom. The molecule has 0 fully saturated rings. The van der Waals surface area contributed by atoms with Crippen molar-refractivity contribution in [1.29, 1.82) is 0 Å². The number of aromatic amines is 1. The minimum Gasteiger partial charge on any atom is -0.494 e.